The van der Waals surface area contributed by atoms with Gasteiger partial charge in [0, 0.05) is 11.6 Å². The number of hydrogen-bond donors (Lipinski definition) is 2. The van der Waals surface area contributed by atoms with Crippen LogP contribution in [-0.4, -0.2) is 10.7 Å². The van der Waals surface area contributed by atoms with Gasteiger partial charge in [-0.1, -0.05) is 19.1 Å². The van der Waals surface area contributed by atoms with Crippen LogP contribution >= 0.6 is 0 Å². The van der Waals surface area contributed by atoms with E-state index in [9.17, 15) is 5.11 Å². The molecule has 62 valence electrons. The summed E-state index contributed by atoms with van der Waals surface area (Å²) < 4.78 is 0. The Kier molecular flexibility index (Phi) is 1.80. The van der Waals surface area contributed by atoms with E-state index < -0.39 is 5.60 Å². The van der Waals surface area contributed by atoms with Gasteiger partial charge in [0.05, 0.1) is 5.60 Å². The highest BCUT2D eigenvalue weighted by molar-refractivity contribution is 5.32. The van der Waals surface area contributed by atoms with Gasteiger partial charge in [-0.15, -0.1) is 0 Å². The largest absolute Gasteiger partial charge is 0.402 e. The minimum Gasteiger partial charge on any atom is -0.402 e. The van der Waals surface area contributed by atoms with Gasteiger partial charge in [-0.05, 0) is 19.4 Å². The van der Waals surface area contributed by atoms with Crippen molar-refractivity contribution in [3.05, 3.63) is 23.4 Å². The average Bonchev–Trinajstić information content (AvgIpc) is 1.95. The van der Waals surface area contributed by atoms with Crippen LogP contribution in [0.2, 0.25) is 0 Å². The van der Waals surface area contributed by atoms with Crippen molar-refractivity contribution >= 4 is 0 Å². The fraction of sp³-hybridized carbons (Fsp3) is 0.556. The van der Waals surface area contributed by atoms with Gasteiger partial charge in [0.15, 0.2) is 0 Å². The maximum Gasteiger partial charge on any atom is 0.0882 e. The van der Waals surface area contributed by atoms with Gasteiger partial charge in [0.1, 0.15) is 0 Å². The van der Waals surface area contributed by atoms with Gasteiger partial charge in [-0.25, -0.2) is 0 Å². The van der Waals surface area contributed by atoms with Gasteiger partial charge in [-0.3, -0.25) is 0 Å². The van der Waals surface area contributed by atoms with Crippen LogP contribution in [0, 0.1) is 5.92 Å². The van der Waals surface area contributed by atoms with E-state index in [-0.39, 0.29) is 5.92 Å². The molecule has 0 saturated carbocycles. The number of rotatable bonds is 0. The lowest BCUT2D eigenvalue weighted by molar-refractivity contribution is 0.0668. The number of nitrogens with two attached hydrogens (primary N) is 1. The standard InChI is InChI=1S/C9H15NO/c1-6-4-5-9(3,11)7(2)8(6)10/h4-5,7,11H,10H2,1-3H3. The zero-order chi connectivity index (χ0) is 8.65. The Hall–Kier alpha value is -0.760. The topological polar surface area (TPSA) is 46.2 Å². The number of aliphatic hydroxyl groups is 1. The molecule has 0 amide bonds. The van der Waals surface area contributed by atoms with E-state index in [1.165, 1.54) is 0 Å². The summed E-state index contributed by atoms with van der Waals surface area (Å²) in [5.74, 6) is 0.0208. The smallest absolute Gasteiger partial charge is 0.0882 e. The van der Waals surface area contributed by atoms with Gasteiger partial charge < -0.3 is 10.8 Å². The summed E-state index contributed by atoms with van der Waals surface area (Å²) in [5.41, 5.74) is 6.84. The first-order chi connectivity index (χ1) is 4.95. The van der Waals surface area contributed by atoms with E-state index >= 15 is 0 Å². The van der Waals surface area contributed by atoms with Gasteiger partial charge in [-0.2, -0.15) is 0 Å². The Morgan fingerprint density at radius 2 is 2.18 bits per heavy atom. The molecule has 0 aromatic rings. The van der Waals surface area contributed by atoms with Crippen molar-refractivity contribution in [3.63, 3.8) is 0 Å². The quantitative estimate of drug-likeness (QED) is 0.549. The van der Waals surface area contributed by atoms with E-state index in [0.717, 1.165) is 11.3 Å². The lowest BCUT2D eigenvalue weighted by atomic mass is 9.82. The van der Waals surface area contributed by atoms with Crippen molar-refractivity contribution in [1.82, 2.24) is 0 Å². The highest BCUT2D eigenvalue weighted by Crippen LogP contribution is 2.29. The molecule has 0 aromatic carbocycles. The summed E-state index contributed by atoms with van der Waals surface area (Å²) in [6, 6.07) is 0. The molecule has 1 aliphatic rings. The zero-order valence-electron chi connectivity index (χ0n) is 7.26. The molecule has 0 spiro atoms. The number of hydrogen-bond acceptors (Lipinski definition) is 2. The predicted molar refractivity (Wildman–Crippen MR) is 45.8 cm³/mol. The second-order valence-corrected chi connectivity index (χ2v) is 3.42. The lowest BCUT2D eigenvalue weighted by Gasteiger charge is -2.31. The molecule has 2 atom stereocenters. The molecule has 0 bridgehead atoms. The lowest BCUT2D eigenvalue weighted by Crippen LogP contribution is -2.36. The van der Waals surface area contributed by atoms with Crippen LogP contribution in [0.4, 0.5) is 0 Å². The Morgan fingerprint density at radius 3 is 2.64 bits per heavy atom. The zero-order valence-corrected chi connectivity index (χ0v) is 7.26. The molecule has 0 fully saturated rings. The van der Waals surface area contributed by atoms with Crippen LogP contribution in [0.1, 0.15) is 20.8 Å². The molecule has 1 aliphatic carbocycles. The van der Waals surface area contributed by atoms with Crippen molar-refractivity contribution in [2.45, 2.75) is 26.4 Å². The van der Waals surface area contributed by atoms with Crippen LogP contribution < -0.4 is 5.73 Å². The van der Waals surface area contributed by atoms with E-state index in [0.29, 0.717) is 0 Å². The van der Waals surface area contributed by atoms with E-state index in [4.69, 9.17) is 5.73 Å². The molecule has 0 saturated heterocycles. The molecule has 2 unspecified atom stereocenters. The van der Waals surface area contributed by atoms with Gasteiger partial charge in [0.2, 0.25) is 0 Å². The van der Waals surface area contributed by atoms with Crippen molar-refractivity contribution in [3.8, 4) is 0 Å². The van der Waals surface area contributed by atoms with E-state index in [1.807, 2.05) is 19.9 Å². The van der Waals surface area contributed by atoms with Crippen molar-refractivity contribution in [2.24, 2.45) is 11.7 Å². The van der Waals surface area contributed by atoms with Gasteiger partial charge >= 0.3 is 0 Å². The third-order valence-electron chi connectivity index (χ3n) is 2.47. The molecule has 3 N–H and O–H groups in total. The molecule has 0 heterocycles. The Bertz CT molecular complexity index is 226. The van der Waals surface area contributed by atoms with Gasteiger partial charge in [0.25, 0.3) is 0 Å². The molecular formula is C9H15NO. The first-order valence-electron chi connectivity index (χ1n) is 3.83. The first-order valence-corrected chi connectivity index (χ1v) is 3.83. The van der Waals surface area contributed by atoms with Crippen molar-refractivity contribution < 1.29 is 5.11 Å². The summed E-state index contributed by atoms with van der Waals surface area (Å²) in [4.78, 5) is 0. The fourth-order valence-electron chi connectivity index (χ4n) is 1.19. The molecule has 11 heavy (non-hydrogen) atoms. The second-order valence-electron chi connectivity index (χ2n) is 3.42. The minimum absolute atomic E-state index is 0.0208. The molecular weight excluding hydrogens is 138 g/mol. The van der Waals surface area contributed by atoms with Crippen molar-refractivity contribution in [1.29, 1.82) is 0 Å². The number of allylic oxidation sites excluding steroid dienone is 2. The molecule has 1 rings (SSSR count). The third kappa shape index (κ3) is 1.31. The molecule has 0 aromatic heterocycles. The Morgan fingerprint density at radius 1 is 1.64 bits per heavy atom. The normalized spacial score (nSPS) is 38.0. The maximum absolute atomic E-state index is 9.73. The van der Waals surface area contributed by atoms with Crippen LogP contribution in [0.25, 0.3) is 0 Å². The predicted octanol–water partition coefficient (Wildman–Crippen LogP) is 1.18. The molecule has 0 aliphatic heterocycles. The monoisotopic (exact) mass is 153 g/mol. The Labute approximate surface area is 67.4 Å². The summed E-state index contributed by atoms with van der Waals surface area (Å²) >= 11 is 0. The van der Waals surface area contributed by atoms with Crippen molar-refractivity contribution in [2.75, 3.05) is 0 Å². The maximum atomic E-state index is 9.73. The molecule has 2 heteroatoms. The highest BCUT2D eigenvalue weighted by Gasteiger charge is 2.30. The Balaban J connectivity index is 3.01. The molecule has 2 nitrogen and oxygen atoms in total. The average molecular weight is 153 g/mol. The second kappa shape index (κ2) is 2.38. The minimum atomic E-state index is -0.774. The van der Waals surface area contributed by atoms with Crippen LogP contribution in [-0.2, 0) is 0 Å². The summed E-state index contributed by atoms with van der Waals surface area (Å²) in [5, 5.41) is 9.73. The SMILES string of the molecule is CC1=C(N)C(C)C(C)(O)C=C1. The summed E-state index contributed by atoms with van der Waals surface area (Å²) in [6.45, 7) is 5.66. The van der Waals surface area contributed by atoms with Crippen LogP contribution in [0.15, 0.2) is 23.4 Å². The van der Waals surface area contributed by atoms with Crippen LogP contribution in [0.5, 0.6) is 0 Å². The third-order valence-corrected chi connectivity index (χ3v) is 2.47. The van der Waals surface area contributed by atoms with E-state index in [1.54, 1.807) is 13.0 Å². The van der Waals surface area contributed by atoms with E-state index in [2.05, 4.69) is 0 Å². The summed E-state index contributed by atoms with van der Waals surface area (Å²) in [7, 11) is 0. The van der Waals surface area contributed by atoms with Crippen LogP contribution in [0.3, 0.4) is 0 Å². The molecule has 0 radical (unpaired) electrons. The highest BCUT2D eigenvalue weighted by atomic mass is 16.3. The first kappa shape index (κ1) is 8.34. The fourth-order valence-corrected chi connectivity index (χ4v) is 1.19. The summed E-state index contributed by atoms with van der Waals surface area (Å²) in [6.07, 6.45) is 3.67.